The van der Waals surface area contributed by atoms with Crippen LogP contribution in [0.5, 0.6) is 0 Å². The molecular weight excluding hydrogens is 192 g/mol. The minimum atomic E-state index is -0.398. The molecule has 0 aromatic carbocycles. The van der Waals surface area contributed by atoms with Gasteiger partial charge in [0.05, 0.1) is 6.10 Å². The van der Waals surface area contributed by atoms with Crippen molar-refractivity contribution in [3.05, 3.63) is 12.2 Å². The molecule has 3 nitrogen and oxygen atoms in total. The van der Waals surface area contributed by atoms with E-state index in [1.165, 1.54) is 6.92 Å². The first-order chi connectivity index (χ1) is 6.91. The number of esters is 1. The van der Waals surface area contributed by atoms with Crippen molar-refractivity contribution < 1.29 is 14.6 Å². The van der Waals surface area contributed by atoms with Gasteiger partial charge < -0.3 is 9.84 Å². The highest BCUT2D eigenvalue weighted by Gasteiger charge is 2.36. The van der Waals surface area contributed by atoms with Crippen LogP contribution in [0.1, 0.15) is 33.6 Å². The number of carbonyl (C=O) groups excluding carboxylic acids is 1. The van der Waals surface area contributed by atoms with Crippen LogP contribution in [0.15, 0.2) is 12.2 Å². The molecular formula is C12H20O3. The lowest BCUT2D eigenvalue weighted by atomic mass is 9.76. The number of rotatable bonds is 2. The summed E-state index contributed by atoms with van der Waals surface area (Å²) in [6.45, 7) is 9.19. The molecule has 1 saturated carbocycles. The Hall–Kier alpha value is -0.830. The minimum absolute atomic E-state index is 0.0181. The van der Waals surface area contributed by atoms with E-state index in [9.17, 15) is 9.90 Å². The Morgan fingerprint density at radius 3 is 2.47 bits per heavy atom. The largest absolute Gasteiger partial charge is 0.462 e. The van der Waals surface area contributed by atoms with Crippen LogP contribution in [0.2, 0.25) is 0 Å². The van der Waals surface area contributed by atoms with E-state index in [0.29, 0.717) is 0 Å². The summed E-state index contributed by atoms with van der Waals surface area (Å²) in [7, 11) is 0. The number of hydrogen-bond acceptors (Lipinski definition) is 3. The topological polar surface area (TPSA) is 46.5 Å². The fourth-order valence-electron chi connectivity index (χ4n) is 2.12. The summed E-state index contributed by atoms with van der Waals surface area (Å²) in [5, 5.41) is 9.85. The standard InChI is InChI=1S/C12H20O3/c1-7(2)10-5-11(14)8(3)12(6-10)15-9(4)13/h8,10-12,14H,1,5-6H2,2-4H3/t8-,10+,11+,12-/m0/s1. The third kappa shape index (κ3) is 3.06. The van der Waals surface area contributed by atoms with Crippen LogP contribution in [0.4, 0.5) is 0 Å². The summed E-state index contributed by atoms with van der Waals surface area (Å²) < 4.78 is 5.21. The van der Waals surface area contributed by atoms with Gasteiger partial charge >= 0.3 is 5.97 Å². The van der Waals surface area contributed by atoms with Crippen LogP contribution in [0, 0.1) is 11.8 Å². The first kappa shape index (κ1) is 12.2. The summed E-state index contributed by atoms with van der Waals surface area (Å²) in [5.41, 5.74) is 1.05. The first-order valence-corrected chi connectivity index (χ1v) is 5.42. The molecule has 1 N–H and O–H groups in total. The summed E-state index contributed by atoms with van der Waals surface area (Å²) >= 11 is 0. The van der Waals surface area contributed by atoms with E-state index < -0.39 is 6.10 Å². The molecule has 3 heteroatoms. The molecule has 15 heavy (non-hydrogen) atoms. The summed E-state index contributed by atoms with van der Waals surface area (Å²) in [6, 6.07) is 0. The molecule has 0 aliphatic heterocycles. The van der Waals surface area contributed by atoms with Gasteiger partial charge in [0.15, 0.2) is 0 Å². The van der Waals surface area contributed by atoms with Gasteiger partial charge in [-0.25, -0.2) is 0 Å². The van der Waals surface area contributed by atoms with E-state index in [2.05, 4.69) is 6.58 Å². The summed E-state index contributed by atoms with van der Waals surface area (Å²) in [4.78, 5) is 10.9. The monoisotopic (exact) mass is 212 g/mol. The lowest BCUT2D eigenvalue weighted by Gasteiger charge is -2.37. The van der Waals surface area contributed by atoms with Gasteiger partial charge in [-0.05, 0) is 25.7 Å². The number of aliphatic hydroxyl groups is 1. The normalized spacial score (nSPS) is 36.0. The third-order valence-electron chi connectivity index (χ3n) is 3.25. The molecule has 0 aromatic heterocycles. The second kappa shape index (κ2) is 4.79. The molecule has 0 heterocycles. The minimum Gasteiger partial charge on any atom is -0.462 e. The van der Waals surface area contributed by atoms with Crippen LogP contribution in [-0.2, 0) is 9.53 Å². The molecule has 1 aliphatic rings. The van der Waals surface area contributed by atoms with Gasteiger partial charge in [0.2, 0.25) is 0 Å². The molecule has 0 amide bonds. The molecule has 0 aromatic rings. The van der Waals surface area contributed by atoms with Crippen molar-refractivity contribution >= 4 is 5.97 Å². The number of aliphatic hydroxyl groups excluding tert-OH is 1. The Morgan fingerprint density at radius 1 is 1.40 bits per heavy atom. The predicted octanol–water partition coefficient (Wildman–Crippen LogP) is 1.90. The molecule has 1 aliphatic carbocycles. The van der Waals surface area contributed by atoms with E-state index in [1.54, 1.807) is 0 Å². The molecule has 0 saturated heterocycles. The van der Waals surface area contributed by atoms with Gasteiger partial charge in [0.25, 0.3) is 0 Å². The lowest BCUT2D eigenvalue weighted by Crippen LogP contribution is -2.40. The predicted molar refractivity (Wildman–Crippen MR) is 58.3 cm³/mol. The number of allylic oxidation sites excluding steroid dienone is 1. The van der Waals surface area contributed by atoms with E-state index in [-0.39, 0.29) is 23.9 Å². The highest BCUT2D eigenvalue weighted by molar-refractivity contribution is 5.66. The summed E-state index contributed by atoms with van der Waals surface area (Å²) in [6.07, 6.45) is 0.944. The zero-order valence-electron chi connectivity index (χ0n) is 9.69. The van der Waals surface area contributed by atoms with Crippen molar-refractivity contribution in [2.75, 3.05) is 0 Å². The van der Waals surface area contributed by atoms with Crippen LogP contribution in [-0.4, -0.2) is 23.3 Å². The van der Waals surface area contributed by atoms with Crippen molar-refractivity contribution in [2.24, 2.45) is 11.8 Å². The van der Waals surface area contributed by atoms with Crippen LogP contribution < -0.4 is 0 Å². The van der Waals surface area contributed by atoms with Crippen molar-refractivity contribution in [1.29, 1.82) is 0 Å². The zero-order valence-corrected chi connectivity index (χ0v) is 9.69. The average molecular weight is 212 g/mol. The molecule has 4 atom stereocenters. The van der Waals surface area contributed by atoms with Crippen molar-refractivity contribution in [1.82, 2.24) is 0 Å². The Bertz CT molecular complexity index is 260. The van der Waals surface area contributed by atoms with Crippen LogP contribution in [0.3, 0.4) is 0 Å². The van der Waals surface area contributed by atoms with Gasteiger partial charge in [0.1, 0.15) is 6.10 Å². The van der Waals surface area contributed by atoms with Crippen LogP contribution in [0.25, 0.3) is 0 Å². The molecule has 0 spiro atoms. The Kier molecular flexibility index (Phi) is 3.91. The Balaban J connectivity index is 2.68. The third-order valence-corrected chi connectivity index (χ3v) is 3.25. The molecule has 86 valence electrons. The number of carbonyl (C=O) groups is 1. The highest BCUT2D eigenvalue weighted by Crippen LogP contribution is 2.34. The van der Waals surface area contributed by atoms with E-state index >= 15 is 0 Å². The maximum Gasteiger partial charge on any atom is 0.302 e. The first-order valence-electron chi connectivity index (χ1n) is 5.42. The van der Waals surface area contributed by atoms with Gasteiger partial charge in [-0.2, -0.15) is 0 Å². The molecule has 1 fully saturated rings. The molecule has 1 rings (SSSR count). The van der Waals surface area contributed by atoms with Gasteiger partial charge in [-0.15, -0.1) is 0 Å². The molecule has 0 unspecified atom stereocenters. The zero-order chi connectivity index (χ0) is 11.6. The SMILES string of the molecule is C=C(C)[C@@H]1C[C@@H](O)[C@H](C)[C@@H](OC(C)=O)C1. The van der Waals surface area contributed by atoms with Gasteiger partial charge in [0, 0.05) is 12.8 Å². The van der Waals surface area contributed by atoms with E-state index in [4.69, 9.17) is 4.74 Å². The maximum absolute atomic E-state index is 10.9. The number of hydrogen-bond donors (Lipinski definition) is 1. The van der Waals surface area contributed by atoms with Gasteiger partial charge in [-0.1, -0.05) is 19.1 Å². The fraction of sp³-hybridized carbons (Fsp3) is 0.750. The van der Waals surface area contributed by atoms with E-state index in [0.717, 1.165) is 18.4 Å². The van der Waals surface area contributed by atoms with E-state index in [1.807, 2.05) is 13.8 Å². The quantitative estimate of drug-likeness (QED) is 0.561. The maximum atomic E-state index is 10.9. The Morgan fingerprint density at radius 2 is 2.00 bits per heavy atom. The Labute approximate surface area is 91.1 Å². The van der Waals surface area contributed by atoms with Crippen LogP contribution >= 0.6 is 0 Å². The second-order valence-corrected chi connectivity index (χ2v) is 4.59. The van der Waals surface area contributed by atoms with Crippen molar-refractivity contribution in [3.8, 4) is 0 Å². The lowest BCUT2D eigenvalue weighted by molar-refractivity contribution is -0.155. The summed E-state index contributed by atoms with van der Waals surface area (Å²) in [5.74, 6) is 0.00599. The van der Waals surface area contributed by atoms with Crippen molar-refractivity contribution in [2.45, 2.75) is 45.8 Å². The molecule has 0 radical (unpaired) electrons. The highest BCUT2D eigenvalue weighted by atomic mass is 16.5. The van der Waals surface area contributed by atoms with Gasteiger partial charge in [-0.3, -0.25) is 4.79 Å². The van der Waals surface area contributed by atoms with Crippen molar-refractivity contribution in [3.63, 3.8) is 0 Å². The average Bonchev–Trinajstić information content (AvgIpc) is 2.11. The second-order valence-electron chi connectivity index (χ2n) is 4.59. The number of ether oxygens (including phenoxy) is 1. The molecule has 0 bridgehead atoms. The fourth-order valence-corrected chi connectivity index (χ4v) is 2.12. The smallest absolute Gasteiger partial charge is 0.302 e.